The van der Waals surface area contributed by atoms with Crippen LogP contribution in [0.3, 0.4) is 0 Å². The van der Waals surface area contributed by atoms with Crippen LogP contribution in [0, 0.1) is 0 Å². The molecular formula is C8H8N2OS2. The van der Waals surface area contributed by atoms with E-state index in [1.54, 1.807) is 6.20 Å². The van der Waals surface area contributed by atoms with Crippen molar-refractivity contribution in [2.24, 2.45) is 0 Å². The predicted molar refractivity (Wildman–Crippen MR) is 54.9 cm³/mol. The fourth-order valence-corrected chi connectivity index (χ4v) is 2.51. The number of thiazole rings is 1. The van der Waals surface area contributed by atoms with Gasteiger partial charge in [-0.25, -0.2) is 4.98 Å². The van der Waals surface area contributed by atoms with Crippen molar-refractivity contribution in [2.45, 2.75) is 6.10 Å². The number of aromatic nitrogens is 1. The number of hydrogen-bond donors (Lipinski definition) is 2. The molecule has 68 valence electrons. The fourth-order valence-electron chi connectivity index (χ4n) is 1.01. The SMILES string of the molecule is Nc1ncc(C(O)c2cccs2)s1. The average Bonchev–Trinajstić information content (AvgIpc) is 2.72. The number of nitrogens with two attached hydrogens (primary N) is 1. The highest BCUT2D eigenvalue weighted by Crippen LogP contribution is 2.30. The molecular weight excluding hydrogens is 204 g/mol. The van der Waals surface area contributed by atoms with Crippen LogP contribution in [0.15, 0.2) is 23.7 Å². The van der Waals surface area contributed by atoms with Crippen molar-refractivity contribution in [3.63, 3.8) is 0 Å². The Labute approximate surface area is 83.5 Å². The highest BCUT2D eigenvalue weighted by atomic mass is 32.1. The van der Waals surface area contributed by atoms with Gasteiger partial charge in [-0.1, -0.05) is 17.4 Å². The third-order valence-electron chi connectivity index (χ3n) is 1.62. The standard InChI is InChI=1S/C8H8N2OS2/c9-8-10-4-6(13-8)7(11)5-2-1-3-12-5/h1-4,7,11H,(H2,9,10). The molecule has 5 heteroatoms. The topological polar surface area (TPSA) is 59.1 Å². The van der Waals surface area contributed by atoms with E-state index in [0.29, 0.717) is 5.13 Å². The molecule has 1 atom stereocenters. The molecule has 2 aromatic rings. The second-order valence-electron chi connectivity index (χ2n) is 2.52. The zero-order chi connectivity index (χ0) is 9.26. The van der Waals surface area contributed by atoms with Crippen molar-refractivity contribution < 1.29 is 5.11 Å². The lowest BCUT2D eigenvalue weighted by atomic mass is 10.3. The molecule has 3 N–H and O–H groups in total. The summed E-state index contributed by atoms with van der Waals surface area (Å²) in [7, 11) is 0. The molecule has 0 aliphatic carbocycles. The summed E-state index contributed by atoms with van der Waals surface area (Å²) in [4.78, 5) is 5.60. The number of thiophene rings is 1. The summed E-state index contributed by atoms with van der Waals surface area (Å²) in [5.74, 6) is 0. The van der Waals surface area contributed by atoms with E-state index >= 15 is 0 Å². The zero-order valence-electron chi connectivity index (χ0n) is 6.68. The summed E-state index contributed by atoms with van der Waals surface area (Å²) in [5.41, 5.74) is 5.47. The highest BCUT2D eigenvalue weighted by molar-refractivity contribution is 7.15. The molecule has 0 fully saturated rings. The number of nitrogens with zero attached hydrogens (tertiary/aromatic N) is 1. The van der Waals surface area contributed by atoms with Gasteiger partial charge in [0.2, 0.25) is 0 Å². The van der Waals surface area contributed by atoms with Crippen LogP contribution >= 0.6 is 22.7 Å². The van der Waals surface area contributed by atoms with Gasteiger partial charge in [-0.2, -0.15) is 0 Å². The molecule has 0 aliphatic rings. The van der Waals surface area contributed by atoms with E-state index in [0.717, 1.165) is 9.75 Å². The fraction of sp³-hybridized carbons (Fsp3) is 0.125. The van der Waals surface area contributed by atoms with Gasteiger partial charge >= 0.3 is 0 Å². The van der Waals surface area contributed by atoms with Gasteiger partial charge in [-0.15, -0.1) is 11.3 Å². The Hall–Kier alpha value is -0.910. The van der Waals surface area contributed by atoms with Gasteiger partial charge in [0.1, 0.15) is 6.10 Å². The summed E-state index contributed by atoms with van der Waals surface area (Å²) in [6, 6.07) is 3.80. The molecule has 0 saturated heterocycles. The molecule has 13 heavy (non-hydrogen) atoms. The van der Waals surface area contributed by atoms with Crippen LogP contribution in [0.5, 0.6) is 0 Å². The number of aliphatic hydroxyl groups excluding tert-OH is 1. The molecule has 0 saturated carbocycles. The Kier molecular flexibility index (Phi) is 2.30. The molecule has 0 aliphatic heterocycles. The van der Waals surface area contributed by atoms with Gasteiger partial charge in [0.15, 0.2) is 5.13 Å². The van der Waals surface area contributed by atoms with Crippen LogP contribution < -0.4 is 5.73 Å². The van der Waals surface area contributed by atoms with Gasteiger partial charge < -0.3 is 10.8 Å². The van der Waals surface area contributed by atoms with Crippen molar-refractivity contribution in [1.82, 2.24) is 4.98 Å². The van der Waals surface area contributed by atoms with E-state index in [2.05, 4.69) is 4.98 Å². The van der Waals surface area contributed by atoms with Gasteiger partial charge in [0.25, 0.3) is 0 Å². The van der Waals surface area contributed by atoms with E-state index in [4.69, 9.17) is 5.73 Å². The van der Waals surface area contributed by atoms with Crippen molar-refractivity contribution in [3.8, 4) is 0 Å². The lowest BCUT2D eigenvalue weighted by Gasteiger charge is -2.03. The van der Waals surface area contributed by atoms with Crippen LogP contribution in [0.2, 0.25) is 0 Å². The van der Waals surface area contributed by atoms with Crippen LogP contribution in [-0.2, 0) is 0 Å². The highest BCUT2D eigenvalue weighted by Gasteiger charge is 2.13. The second kappa shape index (κ2) is 3.45. The Morgan fingerprint density at radius 1 is 1.46 bits per heavy atom. The number of rotatable bonds is 2. The lowest BCUT2D eigenvalue weighted by molar-refractivity contribution is 0.228. The maximum absolute atomic E-state index is 9.82. The van der Waals surface area contributed by atoms with E-state index < -0.39 is 6.10 Å². The molecule has 1 unspecified atom stereocenters. The second-order valence-corrected chi connectivity index (χ2v) is 4.59. The quantitative estimate of drug-likeness (QED) is 0.799. The molecule has 3 nitrogen and oxygen atoms in total. The van der Waals surface area contributed by atoms with Crippen molar-refractivity contribution in [2.75, 3.05) is 5.73 Å². The number of nitrogen functional groups attached to an aromatic ring is 1. The predicted octanol–water partition coefficient (Wildman–Crippen LogP) is 1.87. The van der Waals surface area contributed by atoms with E-state index in [1.807, 2.05) is 17.5 Å². The molecule has 0 amide bonds. The van der Waals surface area contributed by atoms with E-state index in [-0.39, 0.29) is 0 Å². The monoisotopic (exact) mass is 212 g/mol. The first-order valence-corrected chi connectivity index (χ1v) is 5.39. The molecule has 0 aromatic carbocycles. The van der Waals surface area contributed by atoms with E-state index in [9.17, 15) is 5.11 Å². The van der Waals surface area contributed by atoms with Gasteiger partial charge in [0.05, 0.1) is 4.88 Å². The Morgan fingerprint density at radius 3 is 2.85 bits per heavy atom. The summed E-state index contributed by atoms with van der Waals surface area (Å²) in [6.07, 6.45) is 1.04. The Morgan fingerprint density at radius 2 is 2.31 bits per heavy atom. The smallest absolute Gasteiger partial charge is 0.180 e. The maximum atomic E-state index is 9.82. The molecule has 2 aromatic heterocycles. The first-order chi connectivity index (χ1) is 6.27. The van der Waals surface area contributed by atoms with Gasteiger partial charge in [0, 0.05) is 11.1 Å². The molecule has 2 heterocycles. The number of anilines is 1. The first kappa shape index (κ1) is 8.68. The zero-order valence-corrected chi connectivity index (χ0v) is 8.31. The van der Waals surface area contributed by atoms with Crippen LogP contribution in [0.1, 0.15) is 15.9 Å². The first-order valence-electron chi connectivity index (χ1n) is 3.70. The largest absolute Gasteiger partial charge is 0.382 e. The van der Waals surface area contributed by atoms with Crippen molar-refractivity contribution in [3.05, 3.63) is 33.5 Å². The third-order valence-corrected chi connectivity index (χ3v) is 3.43. The maximum Gasteiger partial charge on any atom is 0.180 e. The minimum atomic E-state index is -0.574. The normalized spacial score (nSPS) is 13.0. The minimum absolute atomic E-state index is 0.491. The summed E-state index contributed by atoms with van der Waals surface area (Å²) in [6.45, 7) is 0. The molecule has 2 rings (SSSR count). The van der Waals surface area contributed by atoms with Gasteiger partial charge in [-0.3, -0.25) is 0 Å². The third kappa shape index (κ3) is 1.72. The minimum Gasteiger partial charge on any atom is -0.382 e. The number of aliphatic hydroxyl groups is 1. The summed E-state index contributed by atoms with van der Waals surface area (Å²) < 4.78 is 0. The van der Waals surface area contributed by atoms with E-state index in [1.165, 1.54) is 22.7 Å². The lowest BCUT2D eigenvalue weighted by Crippen LogP contribution is -1.92. The van der Waals surface area contributed by atoms with Crippen molar-refractivity contribution >= 4 is 27.8 Å². The van der Waals surface area contributed by atoms with Crippen LogP contribution in [0.4, 0.5) is 5.13 Å². The van der Waals surface area contributed by atoms with Crippen molar-refractivity contribution in [1.29, 1.82) is 0 Å². The number of hydrogen-bond acceptors (Lipinski definition) is 5. The molecule has 0 bridgehead atoms. The molecule has 0 spiro atoms. The average molecular weight is 212 g/mol. The molecule has 0 radical (unpaired) electrons. The Bertz CT molecular complexity index is 383. The van der Waals surface area contributed by atoms with Crippen LogP contribution in [-0.4, -0.2) is 10.1 Å². The Balaban J connectivity index is 2.28. The summed E-state index contributed by atoms with van der Waals surface area (Å²) >= 11 is 2.84. The summed E-state index contributed by atoms with van der Waals surface area (Å²) in [5, 5.41) is 12.2. The van der Waals surface area contributed by atoms with Gasteiger partial charge in [-0.05, 0) is 11.4 Å². The van der Waals surface area contributed by atoms with Crippen LogP contribution in [0.25, 0.3) is 0 Å².